The molecular weight excluding hydrogens is 397 g/mol. The SMILES string of the molecule is COC(=O)C1CN(c2cccc(C3=NC(C)(C)Oc4cc(C(F)(F)F)ccc43)c2)C1. The predicted molar refractivity (Wildman–Crippen MR) is 106 cm³/mol. The van der Waals surface area contributed by atoms with Crippen molar-refractivity contribution in [2.24, 2.45) is 10.9 Å². The van der Waals surface area contributed by atoms with Crippen molar-refractivity contribution in [2.45, 2.75) is 25.7 Å². The van der Waals surface area contributed by atoms with Gasteiger partial charge in [0.15, 0.2) is 5.72 Å². The lowest BCUT2D eigenvalue weighted by molar-refractivity contribution is -0.146. The van der Waals surface area contributed by atoms with Gasteiger partial charge in [-0.3, -0.25) is 4.79 Å². The lowest BCUT2D eigenvalue weighted by atomic mass is 9.95. The Bertz CT molecular complexity index is 1020. The smallest absolute Gasteiger partial charge is 0.416 e. The van der Waals surface area contributed by atoms with Gasteiger partial charge in [-0.25, -0.2) is 4.99 Å². The fraction of sp³-hybridized carbons (Fsp3) is 0.364. The van der Waals surface area contributed by atoms with Crippen LogP contribution in [0.25, 0.3) is 0 Å². The Kier molecular flexibility index (Phi) is 4.75. The minimum Gasteiger partial charge on any atom is -0.469 e. The highest BCUT2D eigenvalue weighted by Gasteiger charge is 2.36. The first-order valence-corrected chi connectivity index (χ1v) is 9.51. The zero-order chi connectivity index (χ0) is 21.7. The minimum atomic E-state index is -4.45. The van der Waals surface area contributed by atoms with Crippen molar-refractivity contribution in [3.8, 4) is 5.75 Å². The van der Waals surface area contributed by atoms with Crippen LogP contribution in [0.3, 0.4) is 0 Å². The van der Waals surface area contributed by atoms with Crippen molar-refractivity contribution in [1.29, 1.82) is 0 Å². The number of esters is 1. The highest BCUT2D eigenvalue weighted by atomic mass is 19.4. The molecule has 158 valence electrons. The van der Waals surface area contributed by atoms with Gasteiger partial charge in [0.1, 0.15) is 5.75 Å². The van der Waals surface area contributed by atoms with Crippen LogP contribution in [0.4, 0.5) is 18.9 Å². The molecule has 0 aliphatic carbocycles. The average molecular weight is 418 g/mol. The van der Waals surface area contributed by atoms with E-state index in [0.717, 1.165) is 23.4 Å². The molecule has 30 heavy (non-hydrogen) atoms. The van der Waals surface area contributed by atoms with E-state index in [4.69, 9.17) is 9.47 Å². The summed E-state index contributed by atoms with van der Waals surface area (Å²) < 4.78 is 49.9. The highest BCUT2D eigenvalue weighted by molar-refractivity contribution is 6.15. The normalized spacial score (nSPS) is 18.1. The second-order valence-electron chi connectivity index (χ2n) is 7.89. The molecule has 0 saturated carbocycles. The van der Waals surface area contributed by atoms with Crippen LogP contribution >= 0.6 is 0 Å². The molecule has 1 saturated heterocycles. The number of hydrogen-bond donors (Lipinski definition) is 0. The Morgan fingerprint density at radius 2 is 1.93 bits per heavy atom. The van der Waals surface area contributed by atoms with Gasteiger partial charge in [-0.15, -0.1) is 0 Å². The summed E-state index contributed by atoms with van der Waals surface area (Å²) in [6.45, 7) is 4.53. The Morgan fingerprint density at radius 1 is 1.20 bits per heavy atom. The van der Waals surface area contributed by atoms with Crippen LogP contribution < -0.4 is 9.64 Å². The van der Waals surface area contributed by atoms with Gasteiger partial charge in [0.25, 0.3) is 0 Å². The molecule has 1 fully saturated rings. The van der Waals surface area contributed by atoms with Gasteiger partial charge in [-0.1, -0.05) is 12.1 Å². The maximum absolute atomic E-state index is 13.1. The molecule has 4 rings (SSSR count). The molecule has 2 aliphatic rings. The van der Waals surface area contributed by atoms with Gasteiger partial charge in [-0.2, -0.15) is 13.2 Å². The number of alkyl halides is 3. The summed E-state index contributed by atoms with van der Waals surface area (Å²) in [5.41, 5.74) is 0.994. The van der Waals surface area contributed by atoms with Gasteiger partial charge < -0.3 is 14.4 Å². The largest absolute Gasteiger partial charge is 0.469 e. The maximum Gasteiger partial charge on any atom is 0.416 e. The third kappa shape index (κ3) is 3.74. The van der Waals surface area contributed by atoms with Crippen LogP contribution in [0.5, 0.6) is 5.75 Å². The first-order chi connectivity index (χ1) is 14.1. The van der Waals surface area contributed by atoms with Gasteiger partial charge in [0.05, 0.1) is 24.3 Å². The number of nitrogens with zero attached hydrogens (tertiary/aromatic N) is 2. The van der Waals surface area contributed by atoms with Crippen molar-refractivity contribution in [3.63, 3.8) is 0 Å². The summed E-state index contributed by atoms with van der Waals surface area (Å²) in [4.78, 5) is 18.3. The fourth-order valence-electron chi connectivity index (χ4n) is 3.68. The van der Waals surface area contributed by atoms with E-state index in [0.29, 0.717) is 24.4 Å². The zero-order valence-electron chi connectivity index (χ0n) is 16.8. The van der Waals surface area contributed by atoms with Crippen molar-refractivity contribution < 1.29 is 27.4 Å². The molecule has 0 N–H and O–H groups in total. The van der Waals surface area contributed by atoms with Crippen LogP contribution in [0.1, 0.15) is 30.5 Å². The van der Waals surface area contributed by atoms with Crippen molar-refractivity contribution >= 4 is 17.4 Å². The van der Waals surface area contributed by atoms with E-state index in [9.17, 15) is 18.0 Å². The molecule has 2 aromatic rings. The Morgan fingerprint density at radius 3 is 2.60 bits per heavy atom. The van der Waals surface area contributed by atoms with E-state index >= 15 is 0 Å². The maximum atomic E-state index is 13.1. The molecule has 0 aromatic heterocycles. The number of hydrogen-bond acceptors (Lipinski definition) is 5. The molecule has 2 aromatic carbocycles. The second kappa shape index (κ2) is 7.04. The number of carbonyl (C=O) groups excluding carboxylic acids is 1. The number of halogens is 3. The van der Waals surface area contributed by atoms with E-state index in [1.165, 1.54) is 13.2 Å². The summed E-state index contributed by atoms with van der Waals surface area (Å²) in [6, 6.07) is 11.0. The Balaban J connectivity index is 1.67. The first kappa shape index (κ1) is 20.3. The molecule has 5 nitrogen and oxygen atoms in total. The first-order valence-electron chi connectivity index (χ1n) is 9.51. The van der Waals surface area contributed by atoms with Crippen LogP contribution in [0.2, 0.25) is 0 Å². The second-order valence-corrected chi connectivity index (χ2v) is 7.89. The summed E-state index contributed by atoms with van der Waals surface area (Å²) in [5.74, 6) is -0.230. The molecule has 0 unspecified atom stereocenters. The number of methoxy groups -OCH3 is 1. The van der Waals surface area contributed by atoms with E-state index in [2.05, 4.69) is 4.99 Å². The van der Waals surface area contributed by atoms with Crippen molar-refractivity contribution in [1.82, 2.24) is 0 Å². The number of fused-ring (bicyclic) bond motifs is 1. The third-order valence-corrected chi connectivity index (χ3v) is 5.21. The molecule has 0 spiro atoms. The summed E-state index contributed by atoms with van der Waals surface area (Å²) in [7, 11) is 1.37. The quantitative estimate of drug-likeness (QED) is 0.699. The standard InChI is InChI=1S/C22H21F3N2O3/c1-21(2)26-19(17-8-7-15(22(23,24)25)10-18(17)30-21)13-5-4-6-16(9-13)27-11-14(12-27)20(28)29-3/h4-10,14H,11-12H2,1-3H3. The van der Waals surface area contributed by atoms with Crippen molar-refractivity contribution in [3.05, 3.63) is 59.2 Å². The fourth-order valence-corrected chi connectivity index (χ4v) is 3.68. The van der Waals surface area contributed by atoms with Crippen LogP contribution in [-0.4, -0.2) is 37.6 Å². The Hall–Kier alpha value is -3.03. The third-order valence-electron chi connectivity index (χ3n) is 5.21. The summed E-state index contributed by atoms with van der Waals surface area (Å²) in [5, 5.41) is 0. The molecule has 0 bridgehead atoms. The molecule has 2 heterocycles. The number of rotatable bonds is 3. The number of ether oxygens (including phenoxy) is 2. The topological polar surface area (TPSA) is 51.1 Å². The Labute approximate surface area is 172 Å². The predicted octanol–water partition coefficient (Wildman–Crippen LogP) is 4.28. The number of anilines is 1. The lowest BCUT2D eigenvalue weighted by Gasteiger charge is -2.39. The number of aliphatic imine (C=N–C) groups is 1. The molecule has 0 atom stereocenters. The molecule has 0 amide bonds. The molecule has 2 aliphatic heterocycles. The number of carbonyl (C=O) groups is 1. The summed E-state index contributed by atoms with van der Waals surface area (Å²) in [6.07, 6.45) is -4.45. The van der Waals surface area contributed by atoms with Gasteiger partial charge in [-0.05, 0) is 44.2 Å². The van der Waals surface area contributed by atoms with Gasteiger partial charge in [0, 0.05) is 29.9 Å². The van der Waals surface area contributed by atoms with Gasteiger partial charge in [0.2, 0.25) is 0 Å². The van der Waals surface area contributed by atoms with E-state index in [-0.39, 0.29) is 17.6 Å². The van der Waals surface area contributed by atoms with E-state index < -0.39 is 17.5 Å². The van der Waals surface area contributed by atoms with Crippen LogP contribution in [0, 0.1) is 5.92 Å². The van der Waals surface area contributed by atoms with E-state index in [1.807, 2.05) is 29.2 Å². The zero-order valence-corrected chi connectivity index (χ0v) is 16.8. The lowest BCUT2D eigenvalue weighted by Crippen LogP contribution is -2.50. The minimum absolute atomic E-state index is 0.153. The van der Waals surface area contributed by atoms with Gasteiger partial charge >= 0.3 is 12.1 Å². The molecule has 8 heteroatoms. The molecule has 0 radical (unpaired) electrons. The molecular formula is C22H21F3N2O3. The average Bonchev–Trinajstić information content (AvgIpc) is 2.64. The van der Waals surface area contributed by atoms with Crippen molar-refractivity contribution in [2.75, 3.05) is 25.1 Å². The number of benzene rings is 2. The highest BCUT2D eigenvalue weighted by Crippen LogP contribution is 2.38. The van der Waals surface area contributed by atoms with E-state index in [1.54, 1.807) is 13.8 Å². The van der Waals surface area contributed by atoms with Crippen LogP contribution in [0.15, 0.2) is 47.5 Å². The monoisotopic (exact) mass is 418 g/mol. The van der Waals surface area contributed by atoms with Crippen LogP contribution in [-0.2, 0) is 15.7 Å². The summed E-state index contributed by atoms with van der Waals surface area (Å²) >= 11 is 0.